The molecule has 0 aliphatic heterocycles. The molecule has 0 spiro atoms. The van der Waals surface area contributed by atoms with Crippen molar-refractivity contribution >= 4 is 43.9 Å². The van der Waals surface area contributed by atoms with Crippen molar-refractivity contribution in [2.24, 2.45) is 0 Å². The lowest BCUT2D eigenvalue weighted by Gasteiger charge is -2.12. The van der Waals surface area contributed by atoms with E-state index >= 15 is 0 Å². The average molecular weight is 794 g/mol. The molecule has 12 rings (SSSR count). The Morgan fingerprint density at radius 1 is 0.242 bits per heavy atom. The van der Waals surface area contributed by atoms with Gasteiger partial charge < -0.3 is 8.83 Å². The summed E-state index contributed by atoms with van der Waals surface area (Å²) in [6, 6.07) is 73.3. The first-order chi connectivity index (χ1) is 30.7. The fourth-order valence-electron chi connectivity index (χ4n) is 8.81. The number of aromatic nitrogens is 3. The summed E-state index contributed by atoms with van der Waals surface area (Å²) in [6.07, 6.45) is 0. The van der Waals surface area contributed by atoms with Gasteiger partial charge in [-0.15, -0.1) is 0 Å². The van der Waals surface area contributed by atoms with E-state index in [1.807, 2.05) is 54.6 Å². The van der Waals surface area contributed by atoms with Gasteiger partial charge in [0.1, 0.15) is 22.3 Å². The van der Waals surface area contributed by atoms with Gasteiger partial charge in [0.2, 0.25) is 0 Å². The SMILES string of the molecule is c1ccc(-c2ccc(-c3nc(-c4ccccc4)nc(-c4cccc(-c5ccc6c(c5)oc5cccc(-c7ccccc7-c7cccc8oc9ccccc9c78)c56)c4)n3)cc2)cc1. The maximum atomic E-state index is 6.67. The summed E-state index contributed by atoms with van der Waals surface area (Å²) in [6.45, 7) is 0. The Morgan fingerprint density at radius 2 is 0.645 bits per heavy atom. The molecular formula is C57H35N3O2. The summed E-state index contributed by atoms with van der Waals surface area (Å²) in [7, 11) is 0. The quantitative estimate of drug-likeness (QED) is 0.161. The molecule has 0 N–H and O–H groups in total. The van der Waals surface area contributed by atoms with Gasteiger partial charge in [0.15, 0.2) is 17.5 Å². The van der Waals surface area contributed by atoms with Crippen molar-refractivity contribution in [1.82, 2.24) is 15.0 Å². The van der Waals surface area contributed by atoms with E-state index < -0.39 is 0 Å². The Hall–Kier alpha value is -8.41. The van der Waals surface area contributed by atoms with Gasteiger partial charge in [-0.1, -0.05) is 176 Å². The predicted octanol–water partition coefficient (Wildman–Crippen LogP) is 15.3. The van der Waals surface area contributed by atoms with Crippen LogP contribution in [0.25, 0.3) is 123 Å². The van der Waals surface area contributed by atoms with E-state index in [9.17, 15) is 0 Å². The van der Waals surface area contributed by atoms with Crippen LogP contribution in [0.4, 0.5) is 0 Å². The number of hydrogen-bond acceptors (Lipinski definition) is 5. The Morgan fingerprint density at radius 3 is 1.32 bits per heavy atom. The maximum Gasteiger partial charge on any atom is 0.164 e. The van der Waals surface area contributed by atoms with Gasteiger partial charge in [-0.05, 0) is 80.9 Å². The zero-order valence-electron chi connectivity index (χ0n) is 33.4. The largest absolute Gasteiger partial charge is 0.456 e. The highest BCUT2D eigenvalue weighted by Gasteiger charge is 2.20. The van der Waals surface area contributed by atoms with Crippen LogP contribution in [0.15, 0.2) is 221 Å². The lowest BCUT2D eigenvalue weighted by Crippen LogP contribution is -2.00. The van der Waals surface area contributed by atoms with Crippen molar-refractivity contribution in [3.05, 3.63) is 212 Å². The molecule has 0 unspecified atom stereocenters. The fraction of sp³-hybridized carbons (Fsp3) is 0. The molecule has 0 saturated carbocycles. The van der Waals surface area contributed by atoms with Gasteiger partial charge in [-0.2, -0.15) is 0 Å². The van der Waals surface area contributed by atoms with Crippen LogP contribution in [0.2, 0.25) is 0 Å². The van der Waals surface area contributed by atoms with E-state index in [4.69, 9.17) is 23.8 Å². The topological polar surface area (TPSA) is 65.0 Å². The summed E-state index contributed by atoms with van der Waals surface area (Å²) in [5, 5.41) is 4.37. The van der Waals surface area contributed by atoms with Gasteiger partial charge in [0.05, 0.1) is 0 Å². The fourth-order valence-corrected chi connectivity index (χ4v) is 8.81. The monoisotopic (exact) mass is 793 g/mol. The predicted molar refractivity (Wildman–Crippen MR) is 252 cm³/mol. The zero-order valence-corrected chi connectivity index (χ0v) is 33.4. The molecule has 12 aromatic rings. The Labute approximate surface area is 357 Å². The van der Waals surface area contributed by atoms with Crippen molar-refractivity contribution in [2.45, 2.75) is 0 Å². The Bertz CT molecular complexity index is 3630. The molecule has 0 aliphatic rings. The van der Waals surface area contributed by atoms with Gasteiger partial charge >= 0.3 is 0 Å². The minimum atomic E-state index is 0.607. The first-order valence-corrected chi connectivity index (χ1v) is 20.8. The van der Waals surface area contributed by atoms with Crippen LogP contribution in [0.1, 0.15) is 0 Å². The zero-order chi connectivity index (χ0) is 41.0. The van der Waals surface area contributed by atoms with Crippen molar-refractivity contribution in [2.75, 3.05) is 0 Å². The molecule has 290 valence electrons. The number of para-hydroxylation sites is 1. The first-order valence-electron chi connectivity index (χ1n) is 20.8. The van der Waals surface area contributed by atoms with Crippen LogP contribution in [0.3, 0.4) is 0 Å². The van der Waals surface area contributed by atoms with E-state index in [0.29, 0.717) is 17.5 Å². The molecule has 0 amide bonds. The minimum Gasteiger partial charge on any atom is -0.456 e. The molecule has 0 bridgehead atoms. The van der Waals surface area contributed by atoms with Crippen molar-refractivity contribution in [3.63, 3.8) is 0 Å². The molecule has 3 aromatic heterocycles. The number of furan rings is 2. The van der Waals surface area contributed by atoms with Crippen LogP contribution in [0, 0.1) is 0 Å². The van der Waals surface area contributed by atoms with Gasteiger partial charge in [0.25, 0.3) is 0 Å². The van der Waals surface area contributed by atoms with Crippen LogP contribution in [0.5, 0.6) is 0 Å². The molecule has 0 atom stereocenters. The van der Waals surface area contributed by atoms with E-state index in [1.54, 1.807) is 0 Å². The van der Waals surface area contributed by atoms with Crippen LogP contribution >= 0.6 is 0 Å². The molecule has 5 nitrogen and oxygen atoms in total. The second kappa shape index (κ2) is 14.7. The average Bonchev–Trinajstić information content (AvgIpc) is 3.93. The smallest absolute Gasteiger partial charge is 0.164 e. The van der Waals surface area contributed by atoms with Crippen LogP contribution < -0.4 is 0 Å². The summed E-state index contributed by atoms with van der Waals surface area (Å²) in [5.74, 6) is 1.85. The molecule has 0 aliphatic carbocycles. The third-order valence-electron chi connectivity index (χ3n) is 11.8. The van der Waals surface area contributed by atoms with Gasteiger partial charge in [-0.25, -0.2) is 15.0 Å². The van der Waals surface area contributed by atoms with Gasteiger partial charge in [-0.3, -0.25) is 0 Å². The lowest BCUT2D eigenvalue weighted by atomic mass is 9.90. The Kier molecular flexibility index (Phi) is 8.42. The second-order valence-corrected chi connectivity index (χ2v) is 15.5. The molecule has 0 saturated heterocycles. The number of hydrogen-bond donors (Lipinski definition) is 0. The highest BCUT2D eigenvalue weighted by molar-refractivity contribution is 6.17. The minimum absolute atomic E-state index is 0.607. The van der Waals surface area contributed by atoms with Gasteiger partial charge in [0, 0.05) is 38.2 Å². The highest BCUT2D eigenvalue weighted by atomic mass is 16.3. The Balaban J connectivity index is 0.938. The van der Waals surface area contributed by atoms with E-state index in [1.165, 1.54) is 0 Å². The highest BCUT2D eigenvalue weighted by Crippen LogP contribution is 2.44. The molecule has 9 aromatic carbocycles. The molecule has 3 heterocycles. The third kappa shape index (κ3) is 6.14. The van der Waals surface area contributed by atoms with Crippen LogP contribution in [-0.2, 0) is 0 Å². The van der Waals surface area contributed by atoms with E-state index in [2.05, 4.69) is 158 Å². The number of fused-ring (bicyclic) bond motifs is 6. The molecule has 5 heteroatoms. The molecule has 0 fully saturated rings. The third-order valence-corrected chi connectivity index (χ3v) is 11.8. The number of benzene rings is 9. The summed E-state index contributed by atoms with van der Waals surface area (Å²) < 4.78 is 13.0. The summed E-state index contributed by atoms with van der Waals surface area (Å²) in [5.41, 5.74) is 15.1. The summed E-state index contributed by atoms with van der Waals surface area (Å²) in [4.78, 5) is 15.1. The maximum absolute atomic E-state index is 6.67. The number of nitrogens with zero attached hydrogens (tertiary/aromatic N) is 3. The number of rotatable bonds is 7. The second-order valence-electron chi connectivity index (χ2n) is 15.5. The lowest BCUT2D eigenvalue weighted by molar-refractivity contribution is 0.668. The van der Waals surface area contributed by atoms with Crippen molar-refractivity contribution in [3.8, 4) is 78.7 Å². The standard InChI is InChI=1S/C57H35N3O2/c1-3-14-36(15-4-1)37-28-30-39(31-29-37)56-58-55(38-16-5-2-6-17-38)59-57(60-56)42-19-11-18-40(34-42)41-32-33-48-52(35-41)62-51-27-13-24-46(54(48)51)44-21-8-7-20-43(44)45-23-12-26-50-53(45)47-22-9-10-25-49(47)61-50/h1-35H. The summed E-state index contributed by atoms with van der Waals surface area (Å²) >= 11 is 0. The first kappa shape index (κ1) is 35.5. The van der Waals surface area contributed by atoms with Crippen molar-refractivity contribution < 1.29 is 8.83 Å². The van der Waals surface area contributed by atoms with Crippen molar-refractivity contribution in [1.29, 1.82) is 0 Å². The van der Waals surface area contributed by atoms with Crippen LogP contribution in [-0.4, -0.2) is 15.0 Å². The molecular weight excluding hydrogens is 759 g/mol. The normalized spacial score (nSPS) is 11.5. The van der Waals surface area contributed by atoms with E-state index in [-0.39, 0.29) is 0 Å². The van der Waals surface area contributed by atoms with E-state index in [0.717, 1.165) is 105 Å². The molecule has 0 radical (unpaired) electrons. The molecule has 62 heavy (non-hydrogen) atoms.